The zero-order valence-electron chi connectivity index (χ0n) is 13.0. The number of carbonyl (C=O) groups is 1. The molecule has 0 saturated heterocycles. The molecule has 0 radical (unpaired) electrons. The highest BCUT2D eigenvalue weighted by atomic mass is 32.2. The number of amides is 1. The highest BCUT2D eigenvalue weighted by molar-refractivity contribution is 7.91. The average molecular weight is 353 g/mol. The second-order valence-electron chi connectivity index (χ2n) is 5.34. The van der Waals surface area contributed by atoms with Crippen LogP contribution in [0.2, 0.25) is 0 Å². The number of benzene rings is 2. The van der Waals surface area contributed by atoms with Gasteiger partial charge in [-0.05, 0) is 25.1 Å². The molecule has 0 heterocycles. The van der Waals surface area contributed by atoms with E-state index >= 15 is 0 Å². The van der Waals surface area contributed by atoms with E-state index in [0.29, 0.717) is 0 Å². The molecule has 24 heavy (non-hydrogen) atoms. The van der Waals surface area contributed by atoms with Crippen LogP contribution in [-0.2, 0) is 14.6 Å². The van der Waals surface area contributed by atoms with Gasteiger partial charge in [0, 0.05) is 18.1 Å². The Hall–Kier alpha value is -2.28. The molecule has 0 aliphatic rings. The Kier molecular flexibility index (Phi) is 5.66. The van der Waals surface area contributed by atoms with Gasteiger partial charge in [-0.15, -0.1) is 0 Å². The summed E-state index contributed by atoms with van der Waals surface area (Å²) in [5.41, 5.74) is 0.135. The van der Waals surface area contributed by atoms with Crippen LogP contribution in [0.15, 0.2) is 53.4 Å². The van der Waals surface area contributed by atoms with Gasteiger partial charge in [0.25, 0.3) is 0 Å². The Morgan fingerprint density at radius 1 is 1.12 bits per heavy atom. The van der Waals surface area contributed by atoms with Crippen LogP contribution in [0.3, 0.4) is 0 Å². The summed E-state index contributed by atoms with van der Waals surface area (Å²) in [6.45, 7) is 1.54. The van der Waals surface area contributed by atoms with E-state index in [0.717, 1.165) is 12.1 Å². The predicted octanol–water partition coefficient (Wildman–Crippen LogP) is 3.01. The summed E-state index contributed by atoms with van der Waals surface area (Å²) in [6.07, 6.45) is -0.246. The van der Waals surface area contributed by atoms with E-state index in [9.17, 15) is 22.0 Å². The topological polar surface area (TPSA) is 63.2 Å². The molecule has 4 nitrogen and oxygen atoms in total. The molecule has 0 saturated carbocycles. The molecule has 0 aliphatic heterocycles. The van der Waals surface area contributed by atoms with Gasteiger partial charge in [0.15, 0.2) is 9.84 Å². The zero-order valence-corrected chi connectivity index (χ0v) is 13.8. The smallest absolute Gasteiger partial charge is 0.221 e. The first-order valence-corrected chi connectivity index (χ1v) is 8.97. The van der Waals surface area contributed by atoms with E-state index in [1.807, 2.05) is 0 Å². The van der Waals surface area contributed by atoms with Crippen molar-refractivity contribution in [2.75, 3.05) is 5.75 Å². The van der Waals surface area contributed by atoms with Crippen LogP contribution >= 0.6 is 0 Å². The third-order valence-electron chi connectivity index (χ3n) is 3.51. The monoisotopic (exact) mass is 353 g/mol. The van der Waals surface area contributed by atoms with Gasteiger partial charge in [-0.25, -0.2) is 17.2 Å². The van der Waals surface area contributed by atoms with Crippen molar-refractivity contribution >= 4 is 15.7 Å². The van der Waals surface area contributed by atoms with Crippen molar-refractivity contribution in [1.29, 1.82) is 0 Å². The quantitative estimate of drug-likeness (QED) is 0.868. The lowest BCUT2D eigenvalue weighted by atomic mass is 10.1. The van der Waals surface area contributed by atoms with E-state index in [2.05, 4.69) is 5.32 Å². The third kappa shape index (κ3) is 4.61. The lowest BCUT2D eigenvalue weighted by Crippen LogP contribution is -2.28. The van der Waals surface area contributed by atoms with Crippen LogP contribution in [-0.4, -0.2) is 20.1 Å². The molecule has 2 aromatic carbocycles. The minimum absolute atomic E-state index is 0.135. The Morgan fingerprint density at radius 2 is 1.79 bits per heavy atom. The summed E-state index contributed by atoms with van der Waals surface area (Å²) in [4.78, 5) is 12.1. The van der Waals surface area contributed by atoms with Crippen LogP contribution in [0.5, 0.6) is 0 Å². The van der Waals surface area contributed by atoms with Crippen molar-refractivity contribution in [3.8, 4) is 0 Å². The molecule has 2 rings (SSSR count). The van der Waals surface area contributed by atoms with Crippen LogP contribution in [0.1, 0.15) is 24.9 Å². The standard InChI is InChI=1S/C17H17F2NO3S/c1-12(15-8-7-13(18)11-16(15)19)20-17(21)9-10-24(22,23)14-5-3-2-4-6-14/h2-8,11-12H,9-10H2,1H3,(H,20,21)/t12-/m1/s1. The molecule has 0 spiro atoms. The van der Waals surface area contributed by atoms with Gasteiger partial charge in [-0.2, -0.15) is 0 Å². The van der Waals surface area contributed by atoms with Crippen molar-refractivity contribution in [2.24, 2.45) is 0 Å². The number of nitrogens with one attached hydrogen (secondary N) is 1. The van der Waals surface area contributed by atoms with E-state index < -0.39 is 33.4 Å². The largest absolute Gasteiger partial charge is 0.349 e. The predicted molar refractivity (Wildman–Crippen MR) is 86.0 cm³/mol. The van der Waals surface area contributed by atoms with E-state index in [1.165, 1.54) is 18.2 Å². The highest BCUT2D eigenvalue weighted by Gasteiger charge is 2.18. The Balaban J connectivity index is 1.96. The van der Waals surface area contributed by atoms with Crippen LogP contribution in [0.25, 0.3) is 0 Å². The second kappa shape index (κ2) is 7.53. The van der Waals surface area contributed by atoms with Crippen molar-refractivity contribution in [2.45, 2.75) is 24.3 Å². The molecule has 7 heteroatoms. The van der Waals surface area contributed by atoms with Crippen LogP contribution in [0.4, 0.5) is 8.78 Å². The Morgan fingerprint density at radius 3 is 2.42 bits per heavy atom. The van der Waals surface area contributed by atoms with Crippen molar-refractivity contribution < 1.29 is 22.0 Å². The second-order valence-corrected chi connectivity index (χ2v) is 7.45. The van der Waals surface area contributed by atoms with Gasteiger partial charge in [-0.3, -0.25) is 4.79 Å². The molecule has 0 bridgehead atoms. The minimum atomic E-state index is -3.55. The maximum atomic E-state index is 13.7. The van der Waals surface area contributed by atoms with Crippen molar-refractivity contribution in [1.82, 2.24) is 5.32 Å². The molecule has 0 aliphatic carbocycles. The molecule has 2 aromatic rings. The molecule has 0 fully saturated rings. The fourth-order valence-electron chi connectivity index (χ4n) is 2.22. The minimum Gasteiger partial charge on any atom is -0.349 e. The number of rotatable bonds is 6. The van der Waals surface area contributed by atoms with Gasteiger partial charge in [-0.1, -0.05) is 24.3 Å². The maximum Gasteiger partial charge on any atom is 0.221 e. The zero-order chi connectivity index (χ0) is 17.7. The lowest BCUT2D eigenvalue weighted by molar-refractivity contribution is -0.121. The number of hydrogen-bond acceptors (Lipinski definition) is 3. The number of hydrogen-bond donors (Lipinski definition) is 1. The summed E-state index contributed by atoms with van der Waals surface area (Å²) in [6, 6.07) is 10.2. The van der Waals surface area contributed by atoms with Crippen LogP contribution in [0, 0.1) is 11.6 Å². The SMILES string of the molecule is C[C@@H](NC(=O)CCS(=O)(=O)c1ccccc1)c1ccc(F)cc1F. The lowest BCUT2D eigenvalue weighted by Gasteiger charge is -2.15. The fraction of sp³-hybridized carbons (Fsp3) is 0.235. The molecule has 128 valence electrons. The van der Waals surface area contributed by atoms with Gasteiger partial charge < -0.3 is 5.32 Å². The third-order valence-corrected chi connectivity index (χ3v) is 5.24. The highest BCUT2D eigenvalue weighted by Crippen LogP contribution is 2.18. The molecular weight excluding hydrogens is 336 g/mol. The van der Waals surface area contributed by atoms with Gasteiger partial charge in [0.05, 0.1) is 16.7 Å². The Labute approximate surface area is 139 Å². The van der Waals surface area contributed by atoms with E-state index in [1.54, 1.807) is 25.1 Å². The van der Waals surface area contributed by atoms with Gasteiger partial charge in [0.2, 0.25) is 5.91 Å². The van der Waals surface area contributed by atoms with E-state index in [-0.39, 0.29) is 22.6 Å². The first kappa shape index (κ1) is 18.1. The molecule has 0 unspecified atom stereocenters. The van der Waals surface area contributed by atoms with Crippen LogP contribution < -0.4 is 5.32 Å². The van der Waals surface area contributed by atoms with Gasteiger partial charge >= 0.3 is 0 Å². The summed E-state index contributed by atoms with van der Waals surface area (Å²) in [5, 5.41) is 2.51. The number of halogens is 2. The van der Waals surface area contributed by atoms with E-state index in [4.69, 9.17) is 0 Å². The molecule has 1 amide bonds. The number of carbonyl (C=O) groups excluding carboxylic acids is 1. The van der Waals surface area contributed by atoms with Gasteiger partial charge in [0.1, 0.15) is 11.6 Å². The summed E-state index contributed by atoms with van der Waals surface area (Å²) in [7, 11) is -3.55. The first-order valence-electron chi connectivity index (χ1n) is 7.32. The van der Waals surface area contributed by atoms with Crippen molar-refractivity contribution in [3.63, 3.8) is 0 Å². The first-order chi connectivity index (χ1) is 11.3. The molecular formula is C17H17F2NO3S. The average Bonchev–Trinajstić information content (AvgIpc) is 2.54. The molecule has 0 aromatic heterocycles. The molecule has 1 N–H and O–H groups in total. The normalized spacial score (nSPS) is 12.6. The number of sulfone groups is 1. The Bertz CT molecular complexity index is 823. The summed E-state index contributed by atoms with van der Waals surface area (Å²) < 4.78 is 50.8. The summed E-state index contributed by atoms with van der Waals surface area (Å²) >= 11 is 0. The van der Waals surface area contributed by atoms with Crippen molar-refractivity contribution in [3.05, 3.63) is 65.7 Å². The fourth-order valence-corrected chi connectivity index (χ4v) is 3.48. The molecule has 1 atom stereocenters. The maximum absolute atomic E-state index is 13.7. The summed E-state index contributed by atoms with van der Waals surface area (Å²) in [5.74, 6) is -2.34.